The van der Waals surface area contributed by atoms with Crippen LogP contribution in [0.15, 0.2) is 54.3 Å². The zero-order valence-electron chi connectivity index (χ0n) is 20.6. The summed E-state index contributed by atoms with van der Waals surface area (Å²) >= 11 is 0. The predicted octanol–water partition coefficient (Wildman–Crippen LogP) is 4.85. The van der Waals surface area contributed by atoms with Crippen molar-refractivity contribution in [3.8, 4) is 0 Å². The van der Waals surface area contributed by atoms with Crippen LogP contribution in [0.4, 0.5) is 5.82 Å². The quantitative estimate of drug-likeness (QED) is 0.653. The van der Waals surface area contributed by atoms with Crippen molar-refractivity contribution >= 4 is 28.5 Å². The van der Waals surface area contributed by atoms with Crippen molar-refractivity contribution in [3.05, 3.63) is 54.3 Å². The summed E-state index contributed by atoms with van der Waals surface area (Å²) in [4.78, 5) is 34.7. The molecular formula is C29H33N3O3. The second kappa shape index (κ2) is 7.57. The minimum absolute atomic E-state index is 0.0916. The molecule has 0 radical (unpaired) electrons. The molecule has 35 heavy (non-hydrogen) atoms. The molecule has 0 saturated heterocycles. The number of anilines is 1. The van der Waals surface area contributed by atoms with Crippen molar-refractivity contribution in [3.63, 3.8) is 0 Å². The summed E-state index contributed by atoms with van der Waals surface area (Å²) in [5, 5.41) is 15.1. The molecule has 5 unspecified atom stereocenters. The number of carbonyl (C=O) groups is 2. The Labute approximate surface area is 205 Å². The van der Waals surface area contributed by atoms with E-state index in [2.05, 4.69) is 35.2 Å². The third kappa shape index (κ3) is 3.05. The Morgan fingerprint density at radius 1 is 1.14 bits per heavy atom. The highest BCUT2D eigenvalue weighted by atomic mass is 16.3. The largest absolute Gasteiger partial charge is 0.379 e. The second-order valence-corrected chi connectivity index (χ2v) is 11.7. The van der Waals surface area contributed by atoms with Crippen molar-refractivity contribution in [2.45, 2.75) is 58.5 Å². The van der Waals surface area contributed by atoms with E-state index in [0.29, 0.717) is 23.2 Å². The topological polar surface area (TPSA) is 92.2 Å². The third-order valence-electron chi connectivity index (χ3n) is 10.2. The van der Waals surface area contributed by atoms with Crippen LogP contribution < -0.4 is 5.32 Å². The number of nitrogens with zero attached hydrogens (tertiary/aromatic N) is 2. The van der Waals surface area contributed by atoms with Gasteiger partial charge in [0.05, 0.1) is 17.2 Å². The van der Waals surface area contributed by atoms with Gasteiger partial charge in [-0.15, -0.1) is 0 Å². The van der Waals surface area contributed by atoms with E-state index in [1.54, 1.807) is 12.3 Å². The summed E-state index contributed by atoms with van der Waals surface area (Å²) in [6.07, 6.45) is 11.7. The molecule has 3 saturated carbocycles. The number of nitrogens with one attached hydrogen (secondary N) is 1. The van der Waals surface area contributed by atoms with Gasteiger partial charge in [-0.3, -0.25) is 14.6 Å². The van der Waals surface area contributed by atoms with Crippen LogP contribution in [0.2, 0.25) is 0 Å². The summed E-state index contributed by atoms with van der Waals surface area (Å²) in [7, 11) is 0. The van der Waals surface area contributed by atoms with E-state index in [9.17, 15) is 14.7 Å². The number of fused-ring (bicyclic) bond motifs is 6. The molecule has 1 aromatic carbocycles. The van der Waals surface area contributed by atoms with Crippen LogP contribution in [0, 0.1) is 34.5 Å². The van der Waals surface area contributed by atoms with E-state index < -0.39 is 11.0 Å². The van der Waals surface area contributed by atoms with Gasteiger partial charge in [-0.2, -0.15) is 0 Å². The number of ketones is 1. The average Bonchev–Trinajstić information content (AvgIpc) is 3.06. The molecule has 2 N–H and O–H groups in total. The highest BCUT2D eigenvalue weighted by Gasteiger charge is 2.69. The minimum Gasteiger partial charge on any atom is -0.379 e. The fourth-order valence-electron chi connectivity index (χ4n) is 8.25. The molecule has 7 atom stereocenters. The first-order valence-electron chi connectivity index (χ1n) is 12.9. The lowest BCUT2D eigenvalue weighted by Crippen LogP contribution is -2.60. The van der Waals surface area contributed by atoms with E-state index in [1.807, 2.05) is 37.3 Å². The van der Waals surface area contributed by atoms with Crippen LogP contribution in [0.5, 0.6) is 0 Å². The van der Waals surface area contributed by atoms with Crippen molar-refractivity contribution in [1.29, 1.82) is 0 Å². The number of hydrogen-bond donors (Lipinski definition) is 2. The van der Waals surface area contributed by atoms with E-state index in [0.717, 1.165) is 37.6 Å². The van der Waals surface area contributed by atoms with Crippen molar-refractivity contribution in [2.75, 3.05) is 5.32 Å². The minimum atomic E-state index is -1.48. The van der Waals surface area contributed by atoms with Crippen molar-refractivity contribution in [1.82, 2.24) is 9.97 Å². The lowest BCUT2D eigenvalue weighted by Gasteiger charge is -2.57. The molecule has 0 spiro atoms. The molecule has 1 aromatic heterocycles. The lowest BCUT2D eigenvalue weighted by molar-refractivity contribution is -0.163. The molecule has 1 amide bonds. The highest BCUT2D eigenvalue weighted by molar-refractivity contribution is 6.01. The van der Waals surface area contributed by atoms with Crippen molar-refractivity contribution in [2.24, 2.45) is 34.5 Å². The fraction of sp³-hybridized carbons (Fsp3) is 0.517. The van der Waals surface area contributed by atoms with Gasteiger partial charge in [-0.05, 0) is 80.1 Å². The molecular weight excluding hydrogens is 438 g/mol. The van der Waals surface area contributed by atoms with Crippen LogP contribution in [-0.2, 0) is 9.59 Å². The standard InChI is InChI=1S/C29H33N3O3/c1-17-14-22-20-9-8-18-15-19(33)10-12-27(18,2)21(20)11-13-28(22,3)29(17,35)26(34)32-25-16-30-23-6-4-5-7-24(23)31-25/h4-7,10,12,15-17,20-22,35H,8-9,11,13-14H2,1-3H3,(H,31,32,34)/t17-,20?,21?,22?,27?,28?,29+/m1/s1. The molecule has 1 heterocycles. The van der Waals surface area contributed by atoms with E-state index in [4.69, 9.17) is 0 Å². The number of rotatable bonds is 2. The Morgan fingerprint density at radius 3 is 2.71 bits per heavy atom. The Morgan fingerprint density at radius 2 is 1.91 bits per heavy atom. The number of allylic oxidation sites excluding steroid dienone is 4. The molecule has 0 aliphatic heterocycles. The third-order valence-corrected chi connectivity index (χ3v) is 10.2. The lowest BCUT2D eigenvalue weighted by atomic mass is 9.47. The van der Waals surface area contributed by atoms with Crippen molar-refractivity contribution < 1.29 is 14.7 Å². The first-order valence-corrected chi connectivity index (χ1v) is 12.9. The van der Waals surface area contributed by atoms with Crippen LogP contribution in [-0.4, -0.2) is 32.4 Å². The maximum absolute atomic E-state index is 13.7. The molecule has 6 nitrogen and oxygen atoms in total. The van der Waals surface area contributed by atoms with Gasteiger partial charge < -0.3 is 10.4 Å². The molecule has 6 heteroatoms. The van der Waals surface area contributed by atoms with Crippen LogP contribution in [0.1, 0.15) is 52.9 Å². The number of hydrogen-bond acceptors (Lipinski definition) is 5. The van der Waals surface area contributed by atoms with E-state index in [1.165, 1.54) is 5.57 Å². The Bertz CT molecular complexity index is 1300. The number of aliphatic hydroxyl groups is 1. The van der Waals surface area contributed by atoms with Gasteiger partial charge in [0.25, 0.3) is 5.91 Å². The van der Waals surface area contributed by atoms with Gasteiger partial charge in [0.1, 0.15) is 0 Å². The first-order chi connectivity index (χ1) is 16.7. The van der Waals surface area contributed by atoms with Crippen LogP contribution in [0.25, 0.3) is 11.0 Å². The number of amides is 1. The number of carbonyl (C=O) groups excluding carboxylic acids is 2. The number of para-hydroxylation sites is 2. The molecule has 2 aromatic rings. The summed E-state index contributed by atoms with van der Waals surface area (Å²) < 4.78 is 0. The molecule has 182 valence electrons. The second-order valence-electron chi connectivity index (χ2n) is 11.7. The Kier molecular flexibility index (Phi) is 4.89. The summed E-state index contributed by atoms with van der Waals surface area (Å²) in [6.45, 7) is 6.41. The molecule has 4 aliphatic rings. The smallest absolute Gasteiger partial charge is 0.258 e. The van der Waals surface area contributed by atoms with Gasteiger partial charge in [-0.1, -0.05) is 44.6 Å². The maximum Gasteiger partial charge on any atom is 0.258 e. The molecule has 0 bridgehead atoms. The van der Waals surface area contributed by atoms with Gasteiger partial charge in [-0.25, -0.2) is 4.98 Å². The van der Waals surface area contributed by atoms with Gasteiger partial charge in [0, 0.05) is 10.8 Å². The maximum atomic E-state index is 13.7. The Hall–Kier alpha value is -2.86. The summed E-state index contributed by atoms with van der Waals surface area (Å²) in [5.74, 6) is 1.01. The number of aromatic nitrogens is 2. The molecule has 6 rings (SSSR count). The zero-order chi connectivity index (χ0) is 24.6. The average molecular weight is 472 g/mol. The fourth-order valence-corrected chi connectivity index (χ4v) is 8.25. The van der Waals surface area contributed by atoms with Gasteiger partial charge >= 0.3 is 0 Å². The van der Waals surface area contributed by atoms with E-state index >= 15 is 0 Å². The zero-order valence-corrected chi connectivity index (χ0v) is 20.6. The molecule has 4 aliphatic carbocycles. The summed E-state index contributed by atoms with van der Waals surface area (Å²) in [5.41, 5.74) is 0.620. The predicted molar refractivity (Wildman–Crippen MR) is 134 cm³/mol. The van der Waals surface area contributed by atoms with Crippen LogP contribution in [0.3, 0.4) is 0 Å². The SMILES string of the molecule is C[C@@H]1CC2C3CCC4=CC(=O)C=CC4(C)C3CCC2(C)[C@@]1(O)C(=O)Nc1cnc2ccccc2n1. The Balaban J connectivity index is 1.30. The van der Waals surface area contributed by atoms with Gasteiger partial charge in [0.15, 0.2) is 17.2 Å². The highest BCUT2D eigenvalue weighted by Crippen LogP contribution is 2.68. The van der Waals surface area contributed by atoms with E-state index in [-0.39, 0.29) is 28.9 Å². The van der Waals surface area contributed by atoms with Crippen LogP contribution >= 0.6 is 0 Å². The number of benzene rings is 1. The molecule has 3 fully saturated rings. The first kappa shape index (κ1) is 22.6. The normalized spacial score (nSPS) is 40.0. The monoisotopic (exact) mass is 471 g/mol. The summed E-state index contributed by atoms with van der Waals surface area (Å²) in [6, 6.07) is 7.54. The van der Waals surface area contributed by atoms with Gasteiger partial charge in [0.2, 0.25) is 0 Å².